The van der Waals surface area contributed by atoms with Gasteiger partial charge in [0.05, 0.1) is 10.9 Å². The van der Waals surface area contributed by atoms with Crippen LogP contribution in [0.2, 0.25) is 5.02 Å². The highest BCUT2D eigenvalue weighted by Gasteiger charge is 2.30. The van der Waals surface area contributed by atoms with Crippen molar-refractivity contribution in [2.45, 2.75) is 13.0 Å². The zero-order valence-corrected chi connectivity index (χ0v) is 18.3. The summed E-state index contributed by atoms with van der Waals surface area (Å²) in [5.41, 5.74) is 0.532. The molecule has 0 aliphatic rings. The van der Waals surface area contributed by atoms with Crippen molar-refractivity contribution in [3.8, 4) is 22.6 Å². The van der Waals surface area contributed by atoms with E-state index in [0.717, 1.165) is 6.92 Å². The lowest BCUT2D eigenvalue weighted by molar-refractivity contribution is -0.141. The number of hydrogen-bond acceptors (Lipinski definition) is 5. The van der Waals surface area contributed by atoms with Crippen LogP contribution in [0, 0.1) is 29.1 Å². The first-order valence-electron chi connectivity index (χ1n) is 9.79. The monoisotopic (exact) mass is 510 g/mol. The van der Waals surface area contributed by atoms with Crippen LogP contribution in [-0.4, -0.2) is 12.1 Å². The van der Waals surface area contributed by atoms with Crippen LogP contribution in [0.25, 0.3) is 22.1 Å². The van der Waals surface area contributed by atoms with E-state index in [1.807, 2.05) is 0 Å². The van der Waals surface area contributed by atoms with E-state index in [-0.39, 0.29) is 27.7 Å². The molecule has 0 saturated heterocycles. The topological polar surface area (TPSA) is 65.7 Å². The SMILES string of the molecule is CC(Oc1c(F)c(F)c(F)c(F)c1F)C(=O)Oc1ccc2c(=O)c(-c3ccc(Cl)cc3)coc2c1. The Morgan fingerprint density at radius 1 is 0.914 bits per heavy atom. The van der Waals surface area contributed by atoms with Gasteiger partial charge in [-0.05, 0) is 36.8 Å². The molecule has 0 fully saturated rings. The van der Waals surface area contributed by atoms with Crippen LogP contribution in [0.1, 0.15) is 6.92 Å². The smallest absolute Gasteiger partial charge is 0.352 e. The van der Waals surface area contributed by atoms with E-state index in [1.54, 1.807) is 24.3 Å². The minimum Gasteiger partial charge on any atom is -0.473 e. The summed E-state index contributed by atoms with van der Waals surface area (Å²) in [6, 6.07) is 10.3. The normalized spacial score (nSPS) is 12.0. The average molecular weight is 511 g/mol. The molecule has 4 rings (SSSR count). The number of halogens is 6. The Bertz CT molecular complexity index is 1490. The molecular formula is C24H12ClF5O5. The lowest BCUT2D eigenvalue weighted by Gasteiger charge is -2.15. The molecule has 3 aromatic carbocycles. The minimum absolute atomic E-state index is 0.0614. The maximum absolute atomic E-state index is 13.8. The average Bonchev–Trinajstić information content (AvgIpc) is 2.85. The van der Waals surface area contributed by atoms with Gasteiger partial charge in [-0.15, -0.1) is 0 Å². The van der Waals surface area contributed by atoms with E-state index in [0.29, 0.717) is 10.6 Å². The van der Waals surface area contributed by atoms with Gasteiger partial charge in [0.25, 0.3) is 0 Å². The maximum atomic E-state index is 13.8. The number of rotatable bonds is 5. The number of carbonyl (C=O) groups excluding carboxylic acids is 1. The molecule has 5 nitrogen and oxygen atoms in total. The van der Waals surface area contributed by atoms with Gasteiger partial charge in [-0.2, -0.15) is 8.78 Å². The zero-order valence-electron chi connectivity index (χ0n) is 17.5. The largest absolute Gasteiger partial charge is 0.473 e. The van der Waals surface area contributed by atoms with Gasteiger partial charge < -0.3 is 13.9 Å². The number of ether oxygens (including phenoxy) is 2. The highest BCUT2D eigenvalue weighted by atomic mass is 35.5. The van der Waals surface area contributed by atoms with Crippen molar-refractivity contribution in [2.75, 3.05) is 0 Å². The fraction of sp³-hybridized carbons (Fsp3) is 0.0833. The van der Waals surface area contributed by atoms with Crippen LogP contribution in [0.15, 0.2) is 57.9 Å². The van der Waals surface area contributed by atoms with E-state index in [9.17, 15) is 31.5 Å². The van der Waals surface area contributed by atoms with Crippen LogP contribution < -0.4 is 14.9 Å². The Balaban J connectivity index is 1.56. The third-order valence-corrected chi connectivity index (χ3v) is 5.17. The third kappa shape index (κ3) is 4.57. The molecular weight excluding hydrogens is 499 g/mol. The number of hydrogen-bond donors (Lipinski definition) is 0. The van der Waals surface area contributed by atoms with Gasteiger partial charge in [0.2, 0.25) is 29.1 Å². The van der Waals surface area contributed by atoms with Crippen LogP contribution in [0.5, 0.6) is 11.5 Å². The van der Waals surface area contributed by atoms with E-state index in [1.165, 1.54) is 24.5 Å². The molecule has 1 aromatic heterocycles. The summed E-state index contributed by atoms with van der Waals surface area (Å²) in [7, 11) is 0. The molecule has 0 bridgehead atoms. The second-order valence-corrected chi connectivity index (χ2v) is 7.66. The van der Waals surface area contributed by atoms with Crippen molar-refractivity contribution < 1.29 is 40.6 Å². The molecule has 0 N–H and O–H groups in total. The minimum atomic E-state index is -2.36. The third-order valence-electron chi connectivity index (χ3n) is 4.92. The highest BCUT2D eigenvalue weighted by molar-refractivity contribution is 6.30. The van der Waals surface area contributed by atoms with Crippen molar-refractivity contribution in [3.63, 3.8) is 0 Å². The van der Waals surface area contributed by atoms with Gasteiger partial charge in [0.1, 0.15) is 17.6 Å². The van der Waals surface area contributed by atoms with Gasteiger partial charge in [-0.25, -0.2) is 18.0 Å². The molecule has 1 atom stereocenters. The van der Waals surface area contributed by atoms with Gasteiger partial charge in [0, 0.05) is 11.1 Å². The van der Waals surface area contributed by atoms with Crippen molar-refractivity contribution in [3.05, 3.63) is 93.1 Å². The molecule has 0 spiro atoms. The highest BCUT2D eigenvalue weighted by Crippen LogP contribution is 2.30. The van der Waals surface area contributed by atoms with Crippen molar-refractivity contribution in [1.82, 2.24) is 0 Å². The Morgan fingerprint density at radius 3 is 2.14 bits per heavy atom. The van der Waals surface area contributed by atoms with Crippen LogP contribution in [0.3, 0.4) is 0 Å². The predicted molar refractivity (Wildman–Crippen MR) is 115 cm³/mol. The fourth-order valence-electron chi connectivity index (χ4n) is 3.11. The molecule has 1 heterocycles. The summed E-state index contributed by atoms with van der Waals surface area (Å²) in [6.07, 6.45) is -0.549. The summed E-state index contributed by atoms with van der Waals surface area (Å²) < 4.78 is 82.6. The summed E-state index contributed by atoms with van der Waals surface area (Å²) in [5.74, 6) is -14.2. The lowest BCUT2D eigenvalue weighted by Crippen LogP contribution is -2.29. The number of esters is 1. The second kappa shape index (κ2) is 9.38. The Labute approximate surface area is 198 Å². The molecule has 0 aliphatic heterocycles. The van der Waals surface area contributed by atoms with E-state index in [4.69, 9.17) is 20.8 Å². The lowest BCUT2D eigenvalue weighted by atomic mass is 10.1. The molecule has 11 heteroatoms. The molecule has 1 unspecified atom stereocenters. The predicted octanol–water partition coefficient (Wildman–Crippen LogP) is 6.18. The molecule has 0 radical (unpaired) electrons. The summed E-state index contributed by atoms with van der Waals surface area (Å²) in [6.45, 7) is 0.986. The molecule has 0 amide bonds. The van der Waals surface area contributed by atoms with E-state index in [2.05, 4.69) is 4.74 Å². The molecule has 180 valence electrons. The Kier molecular flexibility index (Phi) is 6.49. The number of benzene rings is 3. The fourth-order valence-corrected chi connectivity index (χ4v) is 3.24. The van der Waals surface area contributed by atoms with Gasteiger partial charge >= 0.3 is 5.97 Å². The van der Waals surface area contributed by atoms with Crippen LogP contribution in [-0.2, 0) is 4.79 Å². The molecule has 4 aromatic rings. The second-order valence-electron chi connectivity index (χ2n) is 7.22. The van der Waals surface area contributed by atoms with Gasteiger partial charge in [-0.3, -0.25) is 4.79 Å². The molecule has 0 saturated carbocycles. The van der Waals surface area contributed by atoms with Gasteiger partial charge in [-0.1, -0.05) is 23.7 Å². The molecule has 35 heavy (non-hydrogen) atoms. The summed E-state index contributed by atoms with van der Waals surface area (Å²) >= 11 is 5.86. The van der Waals surface area contributed by atoms with Crippen molar-refractivity contribution in [1.29, 1.82) is 0 Å². The van der Waals surface area contributed by atoms with E-state index >= 15 is 0 Å². The van der Waals surface area contributed by atoms with Crippen LogP contribution >= 0.6 is 11.6 Å². The summed E-state index contributed by atoms with van der Waals surface area (Å²) in [5, 5.41) is 0.659. The first kappa shape index (κ1) is 24.2. The first-order valence-corrected chi connectivity index (χ1v) is 10.2. The van der Waals surface area contributed by atoms with Crippen molar-refractivity contribution >= 4 is 28.5 Å². The first-order chi connectivity index (χ1) is 16.6. The maximum Gasteiger partial charge on any atom is 0.352 e. The van der Waals surface area contributed by atoms with E-state index < -0.39 is 46.9 Å². The van der Waals surface area contributed by atoms with Crippen LogP contribution in [0.4, 0.5) is 22.0 Å². The zero-order chi connectivity index (χ0) is 25.4. The summed E-state index contributed by atoms with van der Waals surface area (Å²) in [4.78, 5) is 25.1. The molecule has 0 aliphatic carbocycles. The quantitative estimate of drug-likeness (QED) is 0.105. The number of carbonyl (C=O) groups is 1. The van der Waals surface area contributed by atoms with Crippen molar-refractivity contribution in [2.24, 2.45) is 0 Å². The Morgan fingerprint density at radius 2 is 1.51 bits per heavy atom. The standard InChI is InChI=1S/C24H12ClF5O5/c1-10(34-23-20(29)18(27)17(26)19(28)21(23)30)24(32)35-13-6-7-14-16(8-13)33-9-15(22(14)31)11-2-4-12(25)5-3-11/h2-10H,1H3. The Hall–Kier alpha value is -3.92. The number of fused-ring (bicyclic) bond motifs is 1. The van der Waals surface area contributed by atoms with Gasteiger partial charge in [0.15, 0.2) is 17.3 Å².